The lowest BCUT2D eigenvalue weighted by Crippen LogP contribution is -2.65. The number of nitrogens with zero attached hydrogens (tertiary/aromatic N) is 1. The second-order valence-electron chi connectivity index (χ2n) is 6.60. The summed E-state index contributed by atoms with van der Waals surface area (Å²) in [4.78, 5) is 16.5. The lowest BCUT2D eigenvalue weighted by molar-refractivity contribution is -0.153. The Hall–Kier alpha value is -1.48. The Kier molecular flexibility index (Phi) is 4.89. The molecule has 0 radical (unpaired) electrons. The van der Waals surface area contributed by atoms with Crippen LogP contribution in [0, 0.1) is 0 Å². The lowest BCUT2D eigenvalue weighted by Gasteiger charge is -2.41. The van der Waals surface area contributed by atoms with E-state index in [0.29, 0.717) is 23.5 Å². The van der Waals surface area contributed by atoms with Gasteiger partial charge in [0.05, 0.1) is 0 Å². The fraction of sp³-hybridized carbons (Fsp3) is 0.625. The molecular formula is C16H19F3N2O3S. The summed E-state index contributed by atoms with van der Waals surface area (Å²) < 4.78 is 53.7. The van der Waals surface area contributed by atoms with Gasteiger partial charge in [0.2, 0.25) is 0 Å². The number of hydrogen-bond acceptors (Lipinski definition) is 4. The normalized spacial score (nSPS) is 26.0. The van der Waals surface area contributed by atoms with Crippen LogP contribution in [0.2, 0.25) is 0 Å². The van der Waals surface area contributed by atoms with Crippen molar-refractivity contribution in [1.82, 2.24) is 10.3 Å². The van der Waals surface area contributed by atoms with Gasteiger partial charge in [0, 0.05) is 17.8 Å². The molecule has 5 nitrogen and oxygen atoms in total. The fourth-order valence-electron chi connectivity index (χ4n) is 2.80. The maximum Gasteiger partial charge on any atom is 0.422 e. The molecule has 1 amide bonds. The SMILES string of the molecule is CCC1(NC(=O)c2cc(OCC(F)(F)F)c(C3CC3)cn2)C[S+]([O-])C1. The van der Waals surface area contributed by atoms with E-state index in [1.165, 1.54) is 12.3 Å². The van der Waals surface area contributed by atoms with Crippen LogP contribution < -0.4 is 10.1 Å². The first kappa shape index (κ1) is 18.3. The third-order valence-electron chi connectivity index (χ3n) is 4.47. The highest BCUT2D eigenvalue weighted by Gasteiger charge is 2.48. The molecule has 2 aliphatic rings. The molecule has 1 aromatic heterocycles. The number of hydrogen-bond donors (Lipinski definition) is 1. The van der Waals surface area contributed by atoms with E-state index in [-0.39, 0.29) is 17.4 Å². The topological polar surface area (TPSA) is 74.3 Å². The molecule has 9 heteroatoms. The van der Waals surface area contributed by atoms with Gasteiger partial charge in [-0.25, -0.2) is 0 Å². The van der Waals surface area contributed by atoms with Crippen molar-refractivity contribution in [3.8, 4) is 5.75 Å². The Morgan fingerprint density at radius 1 is 1.48 bits per heavy atom. The van der Waals surface area contributed by atoms with E-state index in [9.17, 15) is 22.5 Å². The number of carbonyl (C=O) groups is 1. The number of amides is 1. The van der Waals surface area contributed by atoms with E-state index in [1.54, 1.807) is 0 Å². The molecule has 1 aliphatic heterocycles. The van der Waals surface area contributed by atoms with Crippen LogP contribution in [-0.4, -0.2) is 45.3 Å². The molecule has 2 fully saturated rings. The number of rotatable bonds is 6. The van der Waals surface area contributed by atoms with E-state index in [0.717, 1.165) is 12.8 Å². The van der Waals surface area contributed by atoms with Crippen LogP contribution in [-0.2, 0) is 11.2 Å². The lowest BCUT2D eigenvalue weighted by atomic mass is 10.00. The van der Waals surface area contributed by atoms with Crippen LogP contribution in [0.15, 0.2) is 12.3 Å². The zero-order chi connectivity index (χ0) is 18.2. The Balaban J connectivity index is 1.76. The first-order chi connectivity index (χ1) is 11.7. The molecule has 1 saturated heterocycles. The average molecular weight is 376 g/mol. The average Bonchev–Trinajstić information content (AvgIpc) is 3.34. The molecule has 25 heavy (non-hydrogen) atoms. The smallest absolute Gasteiger partial charge is 0.422 e. The summed E-state index contributed by atoms with van der Waals surface area (Å²) in [7, 11) is 0. The van der Waals surface area contributed by atoms with E-state index in [4.69, 9.17) is 4.74 Å². The maximum atomic E-state index is 12.5. The highest BCUT2D eigenvalue weighted by atomic mass is 32.2. The minimum absolute atomic E-state index is 0.00656. The maximum absolute atomic E-state index is 12.5. The van der Waals surface area contributed by atoms with Crippen LogP contribution in [0.4, 0.5) is 13.2 Å². The number of halogens is 3. The second-order valence-corrected chi connectivity index (χ2v) is 8.06. The molecule has 3 rings (SSSR count). The molecule has 0 unspecified atom stereocenters. The number of nitrogens with one attached hydrogen (secondary N) is 1. The van der Waals surface area contributed by atoms with Gasteiger partial charge < -0.3 is 14.6 Å². The van der Waals surface area contributed by atoms with Gasteiger partial charge in [-0.15, -0.1) is 0 Å². The van der Waals surface area contributed by atoms with Crippen molar-refractivity contribution in [2.24, 2.45) is 0 Å². The van der Waals surface area contributed by atoms with Gasteiger partial charge in [0.15, 0.2) is 6.61 Å². The molecule has 1 aromatic rings. The van der Waals surface area contributed by atoms with E-state index in [2.05, 4.69) is 10.3 Å². The molecule has 1 aliphatic carbocycles. The van der Waals surface area contributed by atoms with Gasteiger partial charge in [-0.1, -0.05) is 6.92 Å². The van der Waals surface area contributed by atoms with Crippen LogP contribution in [0.1, 0.15) is 48.2 Å². The molecule has 0 aromatic carbocycles. The highest BCUT2D eigenvalue weighted by molar-refractivity contribution is 7.93. The first-order valence-corrected chi connectivity index (χ1v) is 9.57. The van der Waals surface area contributed by atoms with Crippen molar-refractivity contribution >= 4 is 17.1 Å². The standard InChI is InChI=1S/C16H19F3N2O3S/c1-2-15(8-25(23)9-15)21-14(22)12-5-13(24-7-16(17,18)19)11(6-20-12)10-3-4-10/h5-6,10H,2-4,7-9H2,1H3,(H,21,22). The number of ether oxygens (including phenoxy) is 1. The summed E-state index contributed by atoms with van der Waals surface area (Å²) in [5, 5.41) is 2.82. The Bertz CT molecular complexity index is 659. The van der Waals surface area contributed by atoms with Gasteiger partial charge in [-0.05, 0) is 36.4 Å². The van der Waals surface area contributed by atoms with Crippen LogP contribution >= 0.6 is 0 Å². The monoisotopic (exact) mass is 376 g/mol. The third kappa shape index (κ3) is 4.38. The van der Waals surface area contributed by atoms with Crippen molar-refractivity contribution in [1.29, 1.82) is 0 Å². The quantitative estimate of drug-likeness (QED) is 0.775. The summed E-state index contributed by atoms with van der Waals surface area (Å²) >= 11 is -0.938. The molecule has 2 heterocycles. The molecular weight excluding hydrogens is 357 g/mol. The van der Waals surface area contributed by atoms with Crippen molar-refractivity contribution in [2.45, 2.75) is 43.8 Å². The Morgan fingerprint density at radius 3 is 2.68 bits per heavy atom. The minimum Gasteiger partial charge on any atom is -0.616 e. The summed E-state index contributed by atoms with van der Waals surface area (Å²) in [6.45, 7) is 0.480. The van der Waals surface area contributed by atoms with E-state index in [1.807, 2.05) is 6.92 Å². The fourth-order valence-corrected chi connectivity index (χ4v) is 4.50. The number of alkyl halides is 3. The zero-order valence-corrected chi connectivity index (χ0v) is 14.5. The van der Waals surface area contributed by atoms with Crippen LogP contribution in [0.5, 0.6) is 5.75 Å². The van der Waals surface area contributed by atoms with Crippen molar-refractivity contribution in [3.05, 3.63) is 23.5 Å². The van der Waals surface area contributed by atoms with Crippen LogP contribution in [0.3, 0.4) is 0 Å². The molecule has 138 valence electrons. The van der Waals surface area contributed by atoms with Crippen molar-refractivity contribution in [3.63, 3.8) is 0 Å². The summed E-state index contributed by atoms with van der Waals surface area (Å²) in [5.41, 5.74) is 0.0917. The zero-order valence-electron chi connectivity index (χ0n) is 13.7. The minimum atomic E-state index is -4.45. The third-order valence-corrected chi connectivity index (χ3v) is 6.22. The van der Waals surface area contributed by atoms with E-state index >= 15 is 0 Å². The highest BCUT2D eigenvalue weighted by Crippen LogP contribution is 2.44. The van der Waals surface area contributed by atoms with Gasteiger partial charge in [0.25, 0.3) is 5.91 Å². The number of pyridine rings is 1. The summed E-state index contributed by atoms with van der Waals surface area (Å²) in [6, 6.07) is 1.27. The van der Waals surface area contributed by atoms with Gasteiger partial charge in [-0.3, -0.25) is 9.78 Å². The summed E-state index contributed by atoms with van der Waals surface area (Å²) in [5.74, 6) is 0.476. The Labute approximate surface area is 146 Å². The molecule has 0 atom stereocenters. The predicted molar refractivity (Wildman–Crippen MR) is 86.1 cm³/mol. The van der Waals surface area contributed by atoms with E-state index < -0.39 is 35.4 Å². The van der Waals surface area contributed by atoms with Gasteiger partial charge in [0.1, 0.15) is 28.5 Å². The largest absolute Gasteiger partial charge is 0.616 e. The summed E-state index contributed by atoms with van der Waals surface area (Å²) in [6.07, 6.45) is -0.645. The molecule has 1 N–H and O–H groups in total. The second kappa shape index (κ2) is 6.68. The van der Waals surface area contributed by atoms with Crippen molar-refractivity contribution in [2.75, 3.05) is 18.1 Å². The first-order valence-electron chi connectivity index (χ1n) is 8.08. The van der Waals surface area contributed by atoms with Crippen molar-refractivity contribution < 1.29 is 27.3 Å². The number of aromatic nitrogens is 1. The molecule has 1 saturated carbocycles. The molecule has 0 spiro atoms. The predicted octanol–water partition coefficient (Wildman–Crippen LogP) is 2.54. The Morgan fingerprint density at radius 2 is 2.16 bits per heavy atom. The molecule has 0 bridgehead atoms. The van der Waals surface area contributed by atoms with Gasteiger partial charge >= 0.3 is 6.18 Å². The van der Waals surface area contributed by atoms with Gasteiger partial charge in [-0.2, -0.15) is 13.2 Å². The number of carbonyl (C=O) groups excluding carboxylic acids is 1. The van der Waals surface area contributed by atoms with Crippen LogP contribution in [0.25, 0.3) is 0 Å².